The van der Waals surface area contributed by atoms with Crippen molar-refractivity contribution in [1.29, 1.82) is 0 Å². The van der Waals surface area contributed by atoms with Gasteiger partial charge in [0.15, 0.2) is 16.8 Å². The molecule has 0 aliphatic carbocycles. The molecule has 0 saturated heterocycles. The Kier molecular flexibility index (Phi) is 7.41. The Hall–Kier alpha value is -4.06. The number of aliphatic hydroxyl groups is 1. The highest BCUT2D eigenvalue weighted by Gasteiger charge is 2.49. The van der Waals surface area contributed by atoms with Crippen LogP contribution in [0.25, 0.3) is 11.2 Å². The second kappa shape index (κ2) is 10.3. The maximum Gasteiger partial charge on any atom is 0.339 e. The Labute approximate surface area is 194 Å². The van der Waals surface area contributed by atoms with Crippen LogP contribution >= 0.6 is 0 Å². The highest BCUT2D eigenvalue weighted by molar-refractivity contribution is 5.91. The van der Waals surface area contributed by atoms with Crippen LogP contribution in [0.4, 0.5) is 5.95 Å². The summed E-state index contributed by atoms with van der Waals surface area (Å²) in [7, 11) is 0. The Morgan fingerprint density at radius 2 is 1.79 bits per heavy atom. The zero-order valence-corrected chi connectivity index (χ0v) is 18.9. The number of esters is 2. The number of rotatable bonds is 9. The van der Waals surface area contributed by atoms with Crippen molar-refractivity contribution in [2.75, 3.05) is 18.9 Å². The SMILES string of the molecule is CCOC(=O)C(c1nc2c(OCc3ccccc3)nc(N)nc2[nH]c1=O)C(C)(O)C(=O)OCC. The van der Waals surface area contributed by atoms with Gasteiger partial charge in [0.1, 0.15) is 18.2 Å². The molecular formula is C22H25N5O7. The number of fused-ring (bicyclic) bond motifs is 1. The van der Waals surface area contributed by atoms with Gasteiger partial charge in [0.2, 0.25) is 11.8 Å². The number of carbonyl (C=O) groups excluding carboxylic acids is 2. The van der Waals surface area contributed by atoms with Crippen LogP contribution in [0, 0.1) is 0 Å². The number of aromatic amines is 1. The number of nitrogens with one attached hydrogen (secondary N) is 1. The van der Waals surface area contributed by atoms with E-state index in [1.165, 1.54) is 13.8 Å². The second-order valence-electron chi connectivity index (χ2n) is 7.36. The standard InChI is InChI=1S/C22H25N5O7/c1-4-32-19(29)13(22(3,31)20(30)33-5-2)14-17(28)25-16-15(24-14)18(27-21(23)26-16)34-11-12-9-7-6-8-10-12/h6-10,13,31H,4-5,11H2,1-3H3,(H3,23,25,26,27,28). The van der Waals surface area contributed by atoms with Gasteiger partial charge in [0.25, 0.3) is 5.56 Å². The van der Waals surface area contributed by atoms with Crippen molar-refractivity contribution in [2.45, 2.75) is 38.9 Å². The van der Waals surface area contributed by atoms with Crippen LogP contribution in [0.15, 0.2) is 35.1 Å². The molecular weight excluding hydrogens is 446 g/mol. The molecule has 180 valence electrons. The molecule has 12 nitrogen and oxygen atoms in total. The molecule has 34 heavy (non-hydrogen) atoms. The number of hydrogen-bond acceptors (Lipinski definition) is 11. The summed E-state index contributed by atoms with van der Waals surface area (Å²) in [6.45, 7) is 4.10. The average molecular weight is 471 g/mol. The normalized spacial score (nSPS) is 13.6. The third-order valence-electron chi connectivity index (χ3n) is 4.83. The van der Waals surface area contributed by atoms with Gasteiger partial charge in [-0.05, 0) is 26.3 Å². The summed E-state index contributed by atoms with van der Waals surface area (Å²) >= 11 is 0. The Balaban J connectivity index is 2.14. The molecule has 2 aromatic heterocycles. The smallest absolute Gasteiger partial charge is 0.339 e. The molecule has 0 amide bonds. The minimum absolute atomic E-state index is 0.0336. The van der Waals surface area contributed by atoms with Gasteiger partial charge in [-0.2, -0.15) is 9.97 Å². The third kappa shape index (κ3) is 5.12. The predicted molar refractivity (Wildman–Crippen MR) is 120 cm³/mol. The molecule has 0 aliphatic rings. The van der Waals surface area contributed by atoms with Gasteiger partial charge in [0.05, 0.1) is 13.2 Å². The van der Waals surface area contributed by atoms with Crippen LogP contribution in [-0.4, -0.2) is 55.8 Å². The number of aromatic nitrogens is 4. The number of nitrogens with two attached hydrogens (primary N) is 1. The number of hydrogen-bond donors (Lipinski definition) is 3. The van der Waals surface area contributed by atoms with E-state index < -0.39 is 34.7 Å². The van der Waals surface area contributed by atoms with Crippen LogP contribution in [0.5, 0.6) is 5.88 Å². The topological polar surface area (TPSA) is 180 Å². The summed E-state index contributed by atoms with van der Waals surface area (Å²) in [5.41, 5.74) is 2.64. The fourth-order valence-electron chi connectivity index (χ4n) is 3.23. The van der Waals surface area contributed by atoms with E-state index in [2.05, 4.69) is 19.9 Å². The minimum atomic E-state index is -2.46. The number of H-pyrrole nitrogens is 1. The summed E-state index contributed by atoms with van der Waals surface area (Å²) in [5.74, 6) is -4.22. The van der Waals surface area contributed by atoms with E-state index in [9.17, 15) is 19.5 Å². The van der Waals surface area contributed by atoms with Crippen molar-refractivity contribution >= 4 is 29.1 Å². The first-order valence-corrected chi connectivity index (χ1v) is 10.5. The Morgan fingerprint density at radius 1 is 1.12 bits per heavy atom. The number of nitrogens with zero attached hydrogens (tertiary/aromatic N) is 3. The molecule has 0 radical (unpaired) electrons. The zero-order chi connectivity index (χ0) is 24.9. The highest BCUT2D eigenvalue weighted by atomic mass is 16.6. The van der Waals surface area contributed by atoms with Crippen LogP contribution in [0.1, 0.15) is 37.9 Å². The average Bonchev–Trinajstić information content (AvgIpc) is 2.79. The van der Waals surface area contributed by atoms with Crippen LogP contribution in [-0.2, 0) is 25.7 Å². The molecule has 0 saturated carbocycles. The molecule has 12 heteroatoms. The van der Waals surface area contributed by atoms with E-state index in [4.69, 9.17) is 19.9 Å². The van der Waals surface area contributed by atoms with Gasteiger partial charge in [-0.3, -0.25) is 9.59 Å². The van der Waals surface area contributed by atoms with E-state index in [1.54, 1.807) is 0 Å². The highest BCUT2D eigenvalue weighted by Crippen LogP contribution is 2.30. The summed E-state index contributed by atoms with van der Waals surface area (Å²) in [6.07, 6.45) is 0. The molecule has 0 aliphatic heterocycles. The lowest BCUT2D eigenvalue weighted by Crippen LogP contribution is -2.48. The predicted octanol–water partition coefficient (Wildman–Crippen LogP) is 0.835. The van der Waals surface area contributed by atoms with E-state index in [0.717, 1.165) is 12.5 Å². The maximum atomic E-state index is 12.9. The van der Waals surface area contributed by atoms with Gasteiger partial charge < -0.3 is 30.0 Å². The lowest BCUT2D eigenvalue weighted by molar-refractivity contribution is -0.173. The van der Waals surface area contributed by atoms with Gasteiger partial charge in [-0.25, -0.2) is 9.78 Å². The number of nitrogen functional groups attached to an aromatic ring is 1. The van der Waals surface area contributed by atoms with Gasteiger partial charge in [-0.15, -0.1) is 0 Å². The molecule has 3 aromatic rings. The van der Waals surface area contributed by atoms with Crippen LogP contribution < -0.4 is 16.0 Å². The van der Waals surface area contributed by atoms with Crippen molar-refractivity contribution in [2.24, 2.45) is 0 Å². The molecule has 2 atom stereocenters. The largest absolute Gasteiger partial charge is 0.471 e. The first kappa shape index (κ1) is 24.6. The first-order chi connectivity index (χ1) is 16.2. The van der Waals surface area contributed by atoms with E-state index in [-0.39, 0.29) is 42.8 Å². The molecule has 4 N–H and O–H groups in total. The van der Waals surface area contributed by atoms with Crippen molar-refractivity contribution in [3.63, 3.8) is 0 Å². The second-order valence-corrected chi connectivity index (χ2v) is 7.36. The lowest BCUT2D eigenvalue weighted by atomic mass is 9.86. The van der Waals surface area contributed by atoms with E-state index in [1.807, 2.05) is 30.3 Å². The first-order valence-electron chi connectivity index (χ1n) is 10.5. The molecule has 2 unspecified atom stereocenters. The summed E-state index contributed by atoms with van der Waals surface area (Å²) in [5, 5.41) is 10.9. The lowest BCUT2D eigenvalue weighted by Gasteiger charge is -2.28. The number of ether oxygens (including phenoxy) is 3. The molecule has 3 rings (SSSR count). The van der Waals surface area contributed by atoms with Crippen LogP contribution in [0.3, 0.4) is 0 Å². The zero-order valence-electron chi connectivity index (χ0n) is 18.9. The number of anilines is 1. The molecule has 0 spiro atoms. The quantitative estimate of drug-likeness (QED) is 0.376. The number of carbonyl (C=O) groups is 2. The fourth-order valence-corrected chi connectivity index (χ4v) is 3.23. The molecule has 0 fully saturated rings. The van der Waals surface area contributed by atoms with Crippen molar-refractivity contribution in [3.05, 3.63) is 51.9 Å². The molecule has 1 aromatic carbocycles. The van der Waals surface area contributed by atoms with E-state index >= 15 is 0 Å². The monoisotopic (exact) mass is 471 g/mol. The van der Waals surface area contributed by atoms with Crippen molar-refractivity contribution < 1.29 is 28.9 Å². The van der Waals surface area contributed by atoms with Crippen molar-refractivity contribution in [1.82, 2.24) is 19.9 Å². The van der Waals surface area contributed by atoms with Gasteiger partial charge in [0, 0.05) is 0 Å². The van der Waals surface area contributed by atoms with Gasteiger partial charge in [-0.1, -0.05) is 30.3 Å². The summed E-state index contributed by atoms with van der Waals surface area (Å²) in [4.78, 5) is 52.8. The van der Waals surface area contributed by atoms with E-state index in [0.29, 0.717) is 0 Å². The van der Waals surface area contributed by atoms with Crippen molar-refractivity contribution in [3.8, 4) is 5.88 Å². The number of benzene rings is 1. The fraction of sp³-hybridized carbons (Fsp3) is 0.364. The summed E-state index contributed by atoms with van der Waals surface area (Å²) < 4.78 is 15.7. The van der Waals surface area contributed by atoms with Gasteiger partial charge >= 0.3 is 11.9 Å². The molecule has 0 bridgehead atoms. The van der Waals surface area contributed by atoms with Crippen LogP contribution in [0.2, 0.25) is 0 Å². The Morgan fingerprint density at radius 3 is 2.44 bits per heavy atom. The summed E-state index contributed by atoms with van der Waals surface area (Å²) in [6, 6.07) is 9.19. The maximum absolute atomic E-state index is 12.9. The third-order valence-corrected chi connectivity index (χ3v) is 4.83. The minimum Gasteiger partial charge on any atom is -0.471 e. The Bertz CT molecular complexity index is 1240. The molecule has 2 heterocycles.